The minimum Gasteiger partial charge on any atom is -0.497 e. The maximum absolute atomic E-state index is 14.0. The van der Waals surface area contributed by atoms with Gasteiger partial charge in [0, 0.05) is 39.0 Å². The number of carbonyl (C=O) groups excluding carboxylic acids is 2. The van der Waals surface area contributed by atoms with E-state index in [2.05, 4.69) is 5.32 Å². The lowest BCUT2D eigenvalue weighted by Crippen LogP contribution is -2.50. The van der Waals surface area contributed by atoms with E-state index >= 15 is 0 Å². The molecule has 1 fully saturated rings. The molecule has 0 spiro atoms. The fourth-order valence-electron chi connectivity index (χ4n) is 5.87. The molecule has 1 aliphatic heterocycles. The third-order valence-electron chi connectivity index (χ3n) is 8.59. The number of nitrogens with zero attached hydrogens (tertiary/aromatic N) is 2. The molecule has 1 saturated heterocycles. The summed E-state index contributed by atoms with van der Waals surface area (Å²) in [6, 6.07) is 33.3. The summed E-state index contributed by atoms with van der Waals surface area (Å²) in [6.45, 7) is 1.82. The van der Waals surface area contributed by atoms with Crippen molar-refractivity contribution < 1.29 is 22.7 Å². The molecular weight excluding hydrogens is 611 g/mol. The Labute approximate surface area is 278 Å². The van der Waals surface area contributed by atoms with Crippen molar-refractivity contribution in [1.29, 1.82) is 0 Å². The lowest BCUT2D eigenvalue weighted by atomic mass is 10.0. The summed E-state index contributed by atoms with van der Waals surface area (Å²) in [4.78, 5) is 29.9. The number of hydrogen-bond acceptors (Lipinski definition) is 5. The zero-order valence-corrected chi connectivity index (χ0v) is 27.7. The molecule has 47 heavy (non-hydrogen) atoms. The molecule has 0 aliphatic carbocycles. The van der Waals surface area contributed by atoms with Gasteiger partial charge in [-0.05, 0) is 72.2 Å². The van der Waals surface area contributed by atoms with Crippen LogP contribution in [0.3, 0.4) is 0 Å². The normalized spacial score (nSPS) is 14.0. The SMILES string of the molecule is COc1ccc(CCNC(=O)[C@H](Cc2ccccc2)N(Cc2ccccc2)C(=O)CCc2ccc(S(=O)(=O)N3CCCC3)cc2)cc1. The van der Waals surface area contributed by atoms with Crippen molar-refractivity contribution in [2.24, 2.45) is 0 Å². The van der Waals surface area contributed by atoms with Crippen molar-refractivity contribution in [3.8, 4) is 5.75 Å². The van der Waals surface area contributed by atoms with Crippen LogP contribution in [0.2, 0.25) is 0 Å². The number of hydrogen-bond donors (Lipinski definition) is 1. The second-order valence-electron chi connectivity index (χ2n) is 11.9. The van der Waals surface area contributed by atoms with E-state index < -0.39 is 16.1 Å². The first-order valence-electron chi connectivity index (χ1n) is 16.2. The molecule has 0 radical (unpaired) electrons. The monoisotopic (exact) mass is 653 g/mol. The van der Waals surface area contributed by atoms with Crippen LogP contribution in [0.5, 0.6) is 5.75 Å². The number of benzene rings is 4. The average molecular weight is 654 g/mol. The molecule has 4 aromatic carbocycles. The van der Waals surface area contributed by atoms with Gasteiger partial charge in [-0.3, -0.25) is 9.59 Å². The Kier molecular flexibility index (Phi) is 11.8. The van der Waals surface area contributed by atoms with Crippen LogP contribution in [0, 0.1) is 0 Å². The van der Waals surface area contributed by atoms with Gasteiger partial charge in [-0.1, -0.05) is 84.9 Å². The number of ether oxygens (including phenoxy) is 1. The molecule has 4 aromatic rings. The van der Waals surface area contributed by atoms with Gasteiger partial charge < -0.3 is 15.0 Å². The Morgan fingerprint density at radius 1 is 0.766 bits per heavy atom. The zero-order chi connectivity index (χ0) is 33.1. The van der Waals surface area contributed by atoms with E-state index in [1.807, 2.05) is 84.9 Å². The molecule has 9 heteroatoms. The van der Waals surface area contributed by atoms with Crippen LogP contribution in [-0.2, 0) is 45.4 Å². The molecular formula is C38H43N3O5S. The highest BCUT2D eigenvalue weighted by Crippen LogP contribution is 2.22. The molecule has 0 bridgehead atoms. The third-order valence-corrected chi connectivity index (χ3v) is 10.5. The van der Waals surface area contributed by atoms with E-state index in [0.717, 1.165) is 40.8 Å². The van der Waals surface area contributed by atoms with Crippen molar-refractivity contribution in [2.45, 2.75) is 56.0 Å². The van der Waals surface area contributed by atoms with Crippen molar-refractivity contribution >= 4 is 21.8 Å². The van der Waals surface area contributed by atoms with Gasteiger partial charge in [0.1, 0.15) is 11.8 Å². The van der Waals surface area contributed by atoms with Crippen molar-refractivity contribution in [2.75, 3.05) is 26.7 Å². The van der Waals surface area contributed by atoms with Gasteiger partial charge in [0.25, 0.3) is 0 Å². The predicted molar refractivity (Wildman–Crippen MR) is 183 cm³/mol. The molecule has 2 amide bonds. The Balaban J connectivity index is 1.32. The minimum absolute atomic E-state index is 0.145. The first-order chi connectivity index (χ1) is 22.8. The highest BCUT2D eigenvalue weighted by molar-refractivity contribution is 7.89. The smallest absolute Gasteiger partial charge is 0.243 e. The fraction of sp³-hybridized carbons (Fsp3) is 0.316. The molecule has 8 nitrogen and oxygen atoms in total. The summed E-state index contributed by atoms with van der Waals surface area (Å²) in [5.41, 5.74) is 3.83. The first kappa shape index (κ1) is 33.9. The van der Waals surface area contributed by atoms with Gasteiger partial charge in [-0.2, -0.15) is 4.31 Å². The molecule has 1 N–H and O–H groups in total. The second-order valence-corrected chi connectivity index (χ2v) is 13.8. The Morgan fingerprint density at radius 2 is 1.34 bits per heavy atom. The van der Waals surface area contributed by atoms with E-state index in [9.17, 15) is 18.0 Å². The van der Waals surface area contributed by atoms with Crippen molar-refractivity contribution in [3.05, 3.63) is 131 Å². The van der Waals surface area contributed by atoms with Crippen LogP contribution >= 0.6 is 0 Å². The number of amides is 2. The number of rotatable bonds is 15. The summed E-state index contributed by atoms with van der Waals surface area (Å²) in [7, 11) is -1.88. The fourth-order valence-corrected chi connectivity index (χ4v) is 7.39. The molecule has 0 unspecified atom stereocenters. The number of sulfonamides is 1. The number of nitrogens with one attached hydrogen (secondary N) is 1. The van der Waals surface area contributed by atoms with Crippen LogP contribution in [0.15, 0.2) is 114 Å². The van der Waals surface area contributed by atoms with Crippen molar-refractivity contribution in [1.82, 2.24) is 14.5 Å². The van der Waals surface area contributed by atoms with Gasteiger partial charge in [-0.15, -0.1) is 0 Å². The predicted octanol–water partition coefficient (Wildman–Crippen LogP) is 5.41. The van der Waals surface area contributed by atoms with Gasteiger partial charge >= 0.3 is 0 Å². The van der Waals surface area contributed by atoms with E-state index in [0.29, 0.717) is 38.9 Å². The topological polar surface area (TPSA) is 96.0 Å². The zero-order valence-electron chi connectivity index (χ0n) is 26.9. The van der Waals surface area contributed by atoms with Gasteiger partial charge in [0.05, 0.1) is 12.0 Å². The Bertz CT molecular complexity index is 1690. The standard InChI is InChI=1S/C38H43N3O5S/c1-46-34-19-14-31(15-20-34)24-25-39-38(43)36(28-32-10-4-2-5-11-32)41(29-33-12-6-3-7-13-33)37(42)23-18-30-16-21-35(22-17-30)47(44,45)40-26-8-9-27-40/h2-7,10-17,19-22,36H,8-9,18,23-29H2,1H3,(H,39,43)/t36-/m0/s1. The minimum atomic E-state index is -3.51. The quantitative estimate of drug-likeness (QED) is 0.185. The largest absolute Gasteiger partial charge is 0.497 e. The maximum atomic E-state index is 14.0. The number of aryl methyl sites for hydroxylation is 1. The van der Waals surface area contributed by atoms with Crippen LogP contribution in [0.4, 0.5) is 0 Å². The molecule has 1 atom stereocenters. The molecule has 1 aliphatic rings. The third kappa shape index (κ3) is 9.30. The molecule has 0 saturated carbocycles. The summed E-state index contributed by atoms with van der Waals surface area (Å²) < 4.78 is 32.7. The highest BCUT2D eigenvalue weighted by atomic mass is 32.2. The molecule has 0 aromatic heterocycles. The molecule has 1 heterocycles. The van der Waals surface area contributed by atoms with Crippen LogP contribution in [0.25, 0.3) is 0 Å². The van der Waals surface area contributed by atoms with E-state index in [1.54, 1.807) is 36.3 Å². The maximum Gasteiger partial charge on any atom is 0.243 e. The lowest BCUT2D eigenvalue weighted by Gasteiger charge is -2.31. The lowest BCUT2D eigenvalue weighted by molar-refractivity contribution is -0.141. The van der Waals surface area contributed by atoms with Crippen LogP contribution < -0.4 is 10.1 Å². The first-order valence-corrected chi connectivity index (χ1v) is 17.6. The van der Waals surface area contributed by atoms with E-state index in [-0.39, 0.29) is 29.7 Å². The molecule has 246 valence electrons. The van der Waals surface area contributed by atoms with Crippen molar-refractivity contribution in [3.63, 3.8) is 0 Å². The van der Waals surface area contributed by atoms with Gasteiger partial charge in [-0.25, -0.2) is 8.42 Å². The van der Waals surface area contributed by atoms with E-state index in [1.165, 1.54) is 4.31 Å². The number of carbonyl (C=O) groups is 2. The number of methoxy groups -OCH3 is 1. The Hall–Kier alpha value is -4.47. The second kappa shape index (κ2) is 16.4. The summed E-state index contributed by atoms with van der Waals surface area (Å²) in [6.07, 6.45) is 3.37. The highest BCUT2D eigenvalue weighted by Gasteiger charge is 2.30. The van der Waals surface area contributed by atoms with Gasteiger partial charge in [0.15, 0.2) is 0 Å². The molecule has 5 rings (SSSR count). The van der Waals surface area contributed by atoms with Gasteiger partial charge in [0.2, 0.25) is 21.8 Å². The Morgan fingerprint density at radius 3 is 1.96 bits per heavy atom. The summed E-state index contributed by atoms with van der Waals surface area (Å²) in [5.74, 6) is 0.427. The van der Waals surface area contributed by atoms with E-state index in [4.69, 9.17) is 4.74 Å². The average Bonchev–Trinajstić information content (AvgIpc) is 3.67. The van der Waals surface area contributed by atoms with Crippen LogP contribution in [0.1, 0.15) is 41.5 Å². The summed E-state index contributed by atoms with van der Waals surface area (Å²) >= 11 is 0. The van der Waals surface area contributed by atoms with Crippen LogP contribution in [-0.4, -0.2) is 62.2 Å². The summed E-state index contributed by atoms with van der Waals surface area (Å²) in [5, 5.41) is 3.09.